The standard InChI is InChI=1S/C16H19F3N2O2S/c1-4-21(5-2)15-20-12-7-6-10(16(17,18)19)8-11(12)13(24-15)9-14(22)23-3/h6-8,13H,4-5,9H2,1-3H3. The minimum Gasteiger partial charge on any atom is -0.469 e. The first-order valence-corrected chi connectivity index (χ1v) is 8.46. The minimum absolute atomic E-state index is 0.00420. The summed E-state index contributed by atoms with van der Waals surface area (Å²) in [7, 11) is 1.27. The Balaban J connectivity index is 2.47. The molecule has 0 fully saturated rings. The predicted octanol–water partition coefficient (Wildman–Crippen LogP) is 4.39. The van der Waals surface area contributed by atoms with Crippen LogP contribution in [0.1, 0.15) is 36.6 Å². The number of rotatable bonds is 4. The number of carbonyl (C=O) groups is 1. The summed E-state index contributed by atoms with van der Waals surface area (Å²) in [6.45, 7) is 5.40. The van der Waals surface area contributed by atoms with Crippen LogP contribution in [0.5, 0.6) is 0 Å². The molecular weight excluding hydrogens is 341 g/mol. The third kappa shape index (κ3) is 4.03. The molecule has 1 aromatic carbocycles. The zero-order chi connectivity index (χ0) is 17.9. The number of fused-ring (bicyclic) bond motifs is 1. The van der Waals surface area contributed by atoms with E-state index in [9.17, 15) is 18.0 Å². The number of hydrogen-bond acceptors (Lipinski definition) is 5. The molecule has 8 heteroatoms. The van der Waals surface area contributed by atoms with E-state index in [1.807, 2.05) is 18.7 Å². The van der Waals surface area contributed by atoms with Crippen molar-refractivity contribution in [2.75, 3.05) is 20.2 Å². The van der Waals surface area contributed by atoms with Crippen molar-refractivity contribution in [3.05, 3.63) is 29.3 Å². The Morgan fingerprint density at radius 3 is 2.54 bits per heavy atom. The average molecular weight is 360 g/mol. The smallest absolute Gasteiger partial charge is 0.416 e. The normalized spacial score (nSPS) is 17.1. The number of hydrogen-bond donors (Lipinski definition) is 0. The summed E-state index contributed by atoms with van der Waals surface area (Å²) in [5, 5.41) is 0.254. The molecule has 132 valence electrons. The number of methoxy groups -OCH3 is 1. The zero-order valence-corrected chi connectivity index (χ0v) is 14.5. The Morgan fingerprint density at radius 2 is 2.00 bits per heavy atom. The van der Waals surface area contributed by atoms with E-state index in [1.165, 1.54) is 24.9 Å². The van der Waals surface area contributed by atoms with Gasteiger partial charge in [-0.15, -0.1) is 0 Å². The lowest BCUT2D eigenvalue weighted by Crippen LogP contribution is -2.30. The van der Waals surface area contributed by atoms with Gasteiger partial charge in [-0.05, 0) is 37.6 Å². The van der Waals surface area contributed by atoms with E-state index >= 15 is 0 Å². The van der Waals surface area contributed by atoms with Crippen LogP contribution in [0.3, 0.4) is 0 Å². The molecule has 0 aliphatic carbocycles. The molecule has 0 N–H and O–H groups in total. The number of nitrogens with zero attached hydrogens (tertiary/aromatic N) is 2. The number of aliphatic imine (C=N–C) groups is 1. The van der Waals surface area contributed by atoms with Gasteiger partial charge in [0.2, 0.25) is 0 Å². The average Bonchev–Trinajstić information content (AvgIpc) is 2.54. The molecule has 1 aromatic rings. The number of amidine groups is 1. The highest BCUT2D eigenvalue weighted by Crippen LogP contribution is 2.46. The van der Waals surface area contributed by atoms with Crippen LogP contribution in [-0.2, 0) is 15.7 Å². The first-order chi connectivity index (χ1) is 11.3. The maximum Gasteiger partial charge on any atom is 0.416 e. The Kier molecular flexibility index (Phi) is 5.79. The lowest BCUT2D eigenvalue weighted by Gasteiger charge is -2.30. The number of esters is 1. The molecule has 2 rings (SSSR count). The van der Waals surface area contributed by atoms with Gasteiger partial charge in [0, 0.05) is 18.3 Å². The van der Waals surface area contributed by atoms with E-state index < -0.39 is 23.0 Å². The summed E-state index contributed by atoms with van der Waals surface area (Å²) in [5.74, 6) is -0.461. The minimum atomic E-state index is -4.43. The van der Waals surface area contributed by atoms with Crippen LogP contribution in [0, 0.1) is 0 Å². The number of carbonyl (C=O) groups excluding carboxylic acids is 1. The van der Waals surface area contributed by atoms with E-state index in [-0.39, 0.29) is 6.42 Å². The molecule has 4 nitrogen and oxygen atoms in total. The van der Waals surface area contributed by atoms with E-state index in [4.69, 9.17) is 0 Å². The van der Waals surface area contributed by atoms with Crippen molar-refractivity contribution in [2.45, 2.75) is 31.7 Å². The van der Waals surface area contributed by atoms with Crippen molar-refractivity contribution in [1.29, 1.82) is 0 Å². The van der Waals surface area contributed by atoms with Crippen LogP contribution in [-0.4, -0.2) is 36.2 Å². The highest BCUT2D eigenvalue weighted by molar-refractivity contribution is 8.14. The molecule has 1 heterocycles. The Labute approximate surface area is 143 Å². The van der Waals surface area contributed by atoms with Crippen LogP contribution in [0.15, 0.2) is 23.2 Å². The second-order valence-electron chi connectivity index (χ2n) is 5.22. The number of benzene rings is 1. The molecule has 0 saturated heterocycles. The lowest BCUT2D eigenvalue weighted by atomic mass is 10.0. The fraction of sp³-hybridized carbons (Fsp3) is 0.500. The van der Waals surface area contributed by atoms with Gasteiger partial charge in [0.1, 0.15) is 0 Å². The fourth-order valence-corrected chi connectivity index (χ4v) is 3.78. The van der Waals surface area contributed by atoms with E-state index in [0.717, 1.165) is 25.2 Å². The first kappa shape index (κ1) is 18.6. The SMILES string of the molecule is CCN(CC)C1=Nc2ccc(C(F)(F)F)cc2C(CC(=O)OC)S1. The highest BCUT2D eigenvalue weighted by Gasteiger charge is 2.34. The summed E-state index contributed by atoms with van der Waals surface area (Å²) >= 11 is 1.30. The summed E-state index contributed by atoms with van der Waals surface area (Å²) in [6, 6.07) is 3.47. The number of halogens is 3. The third-order valence-corrected chi connectivity index (χ3v) is 5.04. The van der Waals surface area contributed by atoms with Crippen molar-refractivity contribution in [3.8, 4) is 0 Å². The van der Waals surface area contributed by atoms with Crippen LogP contribution in [0.2, 0.25) is 0 Å². The maximum atomic E-state index is 13.0. The number of alkyl halides is 3. The van der Waals surface area contributed by atoms with Gasteiger partial charge in [-0.25, -0.2) is 4.99 Å². The third-order valence-electron chi connectivity index (χ3n) is 3.78. The van der Waals surface area contributed by atoms with Crippen molar-refractivity contribution in [2.24, 2.45) is 4.99 Å². The monoisotopic (exact) mass is 360 g/mol. The number of ether oxygens (including phenoxy) is 1. The topological polar surface area (TPSA) is 41.9 Å². The van der Waals surface area contributed by atoms with E-state index in [2.05, 4.69) is 9.73 Å². The van der Waals surface area contributed by atoms with Gasteiger partial charge in [-0.2, -0.15) is 13.2 Å². The van der Waals surface area contributed by atoms with Crippen LogP contribution in [0.4, 0.5) is 18.9 Å². The highest BCUT2D eigenvalue weighted by atomic mass is 32.2. The van der Waals surface area contributed by atoms with Crippen molar-refractivity contribution in [3.63, 3.8) is 0 Å². The molecule has 0 aromatic heterocycles. The predicted molar refractivity (Wildman–Crippen MR) is 88.4 cm³/mol. The van der Waals surface area contributed by atoms with Gasteiger partial charge >= 0.3 is 12.1 Å². The van der Waals surface area contributed by atoms with Gasteiger partial charge in [0.15, 0.2) is 5.17 Å². The van der Waals surface area contributed by atoms with E-state index in [0.29, 0.717) is 16.4 Å². The van der Waals surface area contributed by atoms with E-state index in [1.54, 1.807) is 0 Å². The molecule has 1 aliphatic rings. The fourth-order valence-electron chi connectivity index (χ4n) is 2.44. The van der Waals surface area contributed by atoms with Gasteiger partial charge < -0.3 is 9.64 Å². The summed E-state index contributed by atoms with van der Waals surface area (Å²) in [6.07, 6.45) is -4.44. The summed E-state index contributed by atoms with van der Waals surface area (Å²) < 4.78 is 43.6. The number of thioether (sulfide) groups is 1. The molecule has 0 amide bonds. The maximum absolute atomic E-state index is 13.0. The zero-order valence-electron chi connectivity index (χ0n) is 13.7. The molecule has 0 spiro atoms. The van der Waals surface area contributed by atoms with Gasteiger partial charge in [0.05, 0.1) is 24.8 Å². The quantitative estimate of drug-likeness (QED) is 0.747. The Bertz CT molecular complexity index is 643. The molecule has 1 atom stereocenters. The van der Waals surface area contributed by atoms with Gasteiger partial charge in [-0.3, -0.25) is 4.79 Å². The van der Waals surface area contributed by atoms with Crippen LogP contribution in [0.25, 0.3) is 0 Å². The van der Waals surface area contributed by atoms with Gasteiger partial charge in [0.25, 0.3) is 0 Å². The molecule has 0 saturated carbocycles. The lowest BCUT2D eigenvalue weighted by molar-refractivity contribution is -0.140. The van der Waals surface area contributed by atoms with Crippen molar-refractivity contribution in [1.82, 2.24) is 4.90 Å². The second-order valence-corrected chi connectivity index (χ2v) is 6.39. The van der Waals surface area contributed by atoms with Crippen molar-refractivity contribution < 1.29 is 22.7 Å². The summed E-state index contributed by atoms with van der Waals surface area (Å²) in [5.41, 5.74) is 0.145. The summed E-state index contributed by atoms with van der Waals surface area (Å²) in [4.78, 5) is 18.2. The molecule has 1 unspecified atom stereocenters. The van der Waals surface area contributed by atoms with Crippen LogP contribution >= 0.6 is 11.8 Å². The van der Waals surface area contributed by atoms with Gasteiger partial charge in [-0.1, -0.05) is 11.8 Å². The van der Waals surface area contributed by atoms with Crippen LogP contribution < -0.4 is 0 Å². The first-order valence-electron chi connectivity index (χ1n) is 7.58. The molecule has 0 radical (unpaired) electrons. The Hall–Kier alpha value is -1.70. The molecular formula is C16H19F3N2O2S. The molecule has 1 aliphatic heterocycles. The molecule has 24 heavy (non-hydrogen) atoms. The Morgan fingerprint density at radius 1 is 1.33 bits per heavy atom. The second kappa shape index (κ2) is 7.46. The van der Waals surface area contributed by atoms with Crippen molar-refractivity contribution >= 4 is 28.6 Å². The molecule has 0 bridgehead atoms. The largest absolute Gasteiger partial charge is 0.469 e.